The number of piperidine rings is 1. The third-order valence-corrected chi connectivity index (χ3v) is 5.18. The minimum atomic E-state index is 0.470. The molecule has 2 aromatic heterocycles. The lowest BCUT2D eigenvalue weighted by molar-refractivity contribution is 0.360. The van der Waals surface area contributed by atoms with Crippen molar-refractivity contribution < 1.29 is 0 Å². The van der Waals surface area contributed by atoms with E-state index in [0.29, 0.717) is 12.1 Å². The zero-order chi connectivity index (χ0) is 13.4. The molecule has 2 aromatic rings. The summed E-state index contributed by atoms with van der Waals surface area (Å²) in [4.78, 5) is 11.1. The Kier molecular flexibility index (Phi) is 3.16. The predicted octanol–water partition coefficient (Wildman–Crippen LogP) is 0.992. The third-order valence-electron chi connectivity index (χ3n) is 4.40. The van der Waals surface area contributed by atoms with Crippen LogP contribution in [0.5, 0.6) is 0 Å². The summed E-state index contributed by atoms with van der Waals surface area (Å²) in [5, 5.41) is 11.0. The van der Waals surface area contributed by atoms with Gasteiger partial charge in [0.2, 0.25) is 0 Å². The molecule has 0 spiro atoms. The molecule has 0 bridgehead atoms. The Balaban J connectivity index is 1.62. The quantitative estimate of drug-likeness (QED) is 0.913. The summed E-state index contributed by atoms with van der Waals surface area (Å²) < 4.78 is 1.94. The Morgan fingerprint density at radius 2 is 2.45 bits per heavy atom. The fourth-order valence-electron chi connectivity index (χ4n) is 3.60. The van der Waals surface area contributed by atoms with E-state index in [1.807, 2.05) is 10.9 Å². The molecule has 0 unspecified atom stereocenters. The van der Waals surface area contributed by atoms with Crippen LogP contribution in [0.1, 0.15) is 12.8 Å². The minimum Gasteiger partial charge on any atom is -0.340 e. The average molecular weight is 290 g/mol. The van der Waals surface area contributed by atoms with Gasteiger partial charge in [0.15, 0.2) is 5.13 Å². The molecule has 0 aromatic carbocycles. The molecular formula is C13H18N6S. The van der Waals surface area contributed by atoms with E-state index in [2.05, 4.69) is 30.7 Å². The second kappa shape index (κ2) is 5.14. The summed E-state index contributed by atoms with van der Waals surface area (Å²) in [5.74, 6) is 0.723. The lowest BCUT2D eigenvalue weighted by Gasteiger charge is -2.34. The first-order chi connectivity index (χ1) is 9.92. The fourth-order valence-corrected chi connectivity index (χ4v) is 4.37. The van der Waals surface area contributed by atoms with Crippen molar-refractivity contribution in [3.05, 3.63) is 24.2 Å². The number of nitrogens with zero attached hydrogens (tertiary/aromatic N) is 5. The highest BCUT2D eigenvalue weighted by Crippen LogP contribution is 2.38. The van der Waals surface area contributed by atoms with Crippen LogP contribution in [0.2, 0.25) is 0 Å². The number of thiazole rings is 1. The van der Waals surface area contributed by atoms with Crippen molar-refractivity contribution >= 4 is 16.5 Å². The predicted molar refractivity (Wildman–Crippen MR) is 77.8 cm³/mol. The van der Waals surface area contributed by atoms with Crippen molar-refractivity contribution in [1.29, 1.82) is 0 Å². The Bertz CT molecular complexity index is 539. The summed E-state index contributed by atoms with van der Waals surface area (Å²) in [5.41, 5.74) is 0. The molecule has 0 amide bonds. The first kappa shape index (κ1) is 12.3. The molecule has 0 aliphatic carbocycles. The largest absolute Gasteiger partial charge is 0.340 e. The van der Waals surface area contributed by atoms with Crippen molar-refractivity contribution in [3.63, 3.8) is 0 Å². The van der Waals surface area contributed by atoms with Crippen LogP contribution in [-0.4, -0.2) is 44.9 Å². The molecule has 0 saturated carbocycles. The standard InChI is InChI=1S/C13H18N6S/c1-2-14-6-10-5-11(7-18-9-15-8-17-18)19(12(1)10)13-16-3-4-20-13/h3-4,8-12,14H,1-2,5-7H2/t10-,11+,12+/m1/s1. The molecule has 4 rings (SSSR count). The number of aromatic nitrogens is 4. The highest BCUT2D eigenvalue weighted by atomic mass is 32.1. The number of rotatable bonds is 3. The molecule has 6 nitrogen and oxygen atoms in total. The molecule has 2 aliphatic rings. The van der Waals surface area contributed by atoms with Crippen LogP contribution >= 0.6 is 11.3 Å². The van der Waals surface area contributed by atoms with Crippen molar-refractivity contribution in [2.75, 3.05) is 18.0 Å². The number of fused-ring (bicyclic) bond motifs is 1. The van der Waals surface area contributed by atoms with E-state index in [4.69, 9.17) is 0 Å². The smallest absolute Gasteiger partial charge is 0.185 e. The average Bonchev–Trinajstić information content (AvgIpc) is 3.18. The van der Waals surface area contributed by atoms with Crippen molar-refractivity contribution in [1.82, 2.24) is 25.1 Å². The molecule has 7 heteroatoms. The van der Waals surface area contributed by atoms with E-state index in [1.54, 1.807) is 24.0 Å². The number of hydrogen-bond donors (Lipinski definition) is 1. The second-order valence-electron chi connectivity index (χ2n) is 5.55. The van der Waals surface area contributed by atoms with Gasteiger partial charge in [-0.05, 0) is 31.8 Å². The fraction of sp³-hybridized carbons (Fsp3) is 0.615. The first-order valence-electron chi connectivity index (χ1n) is 7.13. The van der Waals surface area contributed by atoms with Gasteiger partial charge in [0.05, 0.1) is 12.6 Å². The zero-order valence-electron chi connectivity index (χ0n) is 11.2. The Hall–Kier alpha value is -1.47. The molecule has 2 aliphatic heterocycles. The van der Waals surface area contributed by atoms with E-state index >= 15 is 0 Å². The van der Waals surface area contributed by atoms with Crippen molar-refractivity contribution in [2.24, 2.45) is 5.92 Å². The molecular weight excluding hydrogens is 272 g/mol. The molecule has 4 heterocycles. The third kappa shape index (κ3) is 2.10. The van der Waals surface area contributed by atoms with Gasteiger partial charge in [-0.1, -0.05) is 0 Å². The summed E-state index contributed by atoms with van der Waals surface area (Å²) in [6.45, 7) is 3.13. The van der Waals surface area contributed by atoms with Gasteiger partial charge in [0.1, 0.15) is 12.7 Å². The summed E-state index contributed by atoms with van der Waals surface area (Å²) in [6, 6.07) is 1.09. The van der Waals surface area contributed by atoms with E-state index in [9.17, 15) is 0 Å². The van der Waals surface area contributed by atoms with Gasteiger partial charge < -0.3 is 10.2 Å². The maximum Gasteiger partial charge on any atom is 0.185 e. The molecule has 2 saturated heterocycles. The van der Waals surface area contributed by atoms with Gasteiger partial charge in [-0.3, -0.25) is 4.68 Å². The van der Waals surface area contributed by atoms with Crippen LogP contribution in [0.15, 0.2) is 24.2 Å². The second-order valence-corrected chi connectivity index (χ2v) is 6.42. The van der Waals surface area contributed by atoms with Gasteiger partial charge in [-0.2, -0.15) is 5.10 Å². The van der Waals surface area contributed by atoms with Crippen LogP contribution in [-0.2, 0) is 6.54 Å². The lowest BCUT2D eigenvalue weighted by Crippen LogP contribution is -2.45. The Morgan fingerprint density at radius 1 is 1.45 bits per heavy atom. The van der Waals surface area contributed by atoms with Gasteiger partial charge in [0.25, 0.3) is 0 Å². The van der Waals surface area contributed by atoms with Crippen LogP contribution in [0.3, 0.4) is 0 Å². The highest BCUT2D eigenvalue weighted by molar-refractivity contribution is 7.13. The maximum absolute atomic E-state index is 4.55. The first-order valence-corrected chi connectivity index (χ1v) is 8.01. The van der Waals surface area contributed by atoms with Gasteiger partial charge in [-0.15, -0.1) is 11.3 Å². The summed E-state index contributed by atoms with van der Waals surface area (Å²) in [6.07, 6.45) is 7.73. The van der Waals surface area contributed by atoms with Crippen molar-refractivity contribution in [2.45, 2.75) is 31.5 Å². The van der Waals surface area contributed by atoms with E-state index in [-0.39, 0.29) is 0 Å². The SMILES string of the molecule is c1csc(N2[C@H](Cn3cncn3)C[C@@H]3CNCC[C@@H]32)n1. The highest BCUT2D eigenvalue weighted by Gasteiger charge is 2.43. The van der Waals surface area contributed by atoms with E-state index in [1.165, 1.54) is 12.8 Å². The van der Waals surface area contributed by atoms with Gasteiger partial charge in [-0.25, -0.2) is 9.97 Å². The normalized spacial score (nSPS) is 29.6. The number of anilines is 1. The van der Waals surface area contributed by atoms with Gasteiger partial charge in [0, 0.05) is 17.6 Å². The zero-order valence-corrected chi connectivity index (χ0v) is 12.0. The van der Waals surface area contributed by atoms with Crippen LogP contribution < -0.4 is 10.2 Å². The monoisotopic (exact) mass is 290 g/mol. The van der Waals surface area contributed by atoms with E-state index < -0.39 is 0 Å². The van der Waals surface area contributed by atoms with Crippen LogP contribution in [0.25, 0.3) is 0 Å². The molecule has 1 N–H and O–H groups in total. The maximum atomic E-state index is 4.55. The minimum absolute atomic E-state index is 0.470. The van der Waals surface area contributed by atoms with Crippen LogP contribution in [0.4, 0.5) is 5.13 Å². The summed E-state index contributed by atoms with van der Waals surface area (Å²) >= 11 is 1.74. The molecule has 0 radical (unpaired) electrons. The van der Waals surface area contributed by atoms with Crippen molar-refractivity contribution in [3.8, 4) is 0 Å². The number of hydrogen-bond acceptors (Lipinski definition) is 6. The van der Waals surface area contributed by atoms with E-state index in [0.717, 1.165) is 30.7 Å². The summed E-state index contributed by atoms with van der Waals surface area (Å²) in [7, 11) is 0. The van der Waals surface area contributed by atoms with Gasteiger partial charge >= 0.3 is 0 Å². The van der Waals surface area contributed by atoms with Crippen LogP contribution in [0, 0.1) is 5.92 Å². The molecule has 20 heavy (non-hydrogen) atoms. The molecule has 2 fully saturated rings. The molecule has 3 atom stereocenters. The number of nitrogens with one attached hydrogen (secondary N) is 1. The topological polar surface area (TPSA) is 58.9 Å². The Morgan fingerprint density at radius 3 is 3.25 bits per heavy atom. The molecule has 106 valence electrons. The lowest BCUT2D eigenvalue weighted by atomic mass is 9.93. The Labute approximate surface area is 121 Å².